The molecule has 0 saturated heterocycles. The van der Waals surface area contributed by atoms with Gasteiger partial charge < -0.3 is 10.1 Å². The lowest BCUT2D eigenvalue weighted by Crippen LogP contribution is -2.42. The maximum atomic E-state index is 6.25. The third kappa shape index (κ3) is 2.43. The number of likely N-dealkylation sites (N-methyl/N-ethyl adjacent to an activating group) is 1. The van der Waals surface area contributed by atoms with E-state index in [1.165, 1.54) is 24.8 Å². The van der Waals surface area contributed by atoms with E-state index in [1.54, 1.807) is 0 Å². The van der Waals surface area contributed by atoms with E-state index in [4.69, 9.17) is 16.3 Å². The molecule has 2 rings (SSSR count). The van der Waals surface area contributed by atoms with Crippen LogP contribution in [0, 0.1) is 0 Å². The van der Waals surface area contributed by atoms with Crippen LogP contribution in [-0.4, -0.2) is 20.2 Å². The van der Waals surface area contributed by atoms with Crippen molar-refractivity contribution in [2.45, 2.75) is 31.6 Å². The van der Waals surface area contributed by atoms with E-state index >= 15 is 0 Å². The maximum Gasteiger partial charge on any atom is 0.137 e. The molecule has 0 amide bonds. The first-order valence-corrected chi connectivity index (χ1v) is 6.67. The van der Waals surface area contributed by atoms with E-state index in [9.17, 15) is 0 Å². The Morgan fingerprint density at radius 2 is 2.18 bits per heavy atom. The summed E-state index contributed by atoms with van der Waals surface area (Å²) < 4.78 is 5.47. The molecule has 1 saturated carbocycles. The second-order valence-corrected chi connectivity index (χ2v) is 5.15. The van der Waals surface area contributed by atoms with E-state index in [2.05, 4.69) is 17.4 Å². The fourth-order valence-electron chi connectivity index (χ4n) is 2.61. The maximum absolute atomic E-state index is 6.25. The van der Waals surface area contributed by atoms with Gasteiger partial charge in [-0.25, -0.2) is 0 Å². The van der Waals surface area contributed by atoms with E-state index < -0.39 is 0 Å². The molecule has 0 aliphatic heterocycles. The Morgan fingerprint density at radius 3 is 2.65 bits per heavy atom. The van der Waals surface area contributed by atoms with Crippen molar-refractivity contribution in [3.63, 3.8) is 0 Å². The smallest absolute Gasteiger partial charge is 0.137 e. The van der Waals surface area contributed by atoms with Gasteiger partial charge in [0.2, 0.25) is 0 Å². The van der Waals surface area contributed by atoms with Crippen molar-refractivity contribution in [3.05, 3.63) is 28.8 Å². The van der Waals surface area contributed by atoms with E-state index in [0.29, 0.717) is 12.0 Å². The normalized spacial score (nSPS) is 17.6. The Kier molecular flexibility index (Phi) is 3.95. The third-order valence-corrected chi connectivity index (χ3v) is 3.97. The quantitative estimate of drug-likeness (QED) is 0.869. The Bertz CT molecular complexity index is 388. The number of rotatable bonds is 5. The standard InChI is InChI=1S/C14H20ClNO/c1-3-17-13-6-5-11(9-12(13)15)14(10-16-2)7-4-8-14/h5-6,9,16H,3-4,7-8,10H2,1-2H3. The number of benzene rings is 1. The Labute approximate surface area is 108 Å². The van der Waals surface area contributed by atoms with Crippen LogP contribution in [0.2, 0.25) is 5.02 Å². The molecule has 0 aromatic heterocycles. The molecule has 2 nitrogen and oxygen atoms in total. The van der Waals surface area contributed by atoms with Crippen molar-refractivity contribution in [2.24, 2.45) is 0 Å². The van der Waals surface area contributed by atoms with Crippen molar-refractivity contribution in [1.29, 1.82) is 0 Å². The molecule has 0 radical (unpaired) electrons. The summed E-state index contributed by atoms with van der Waals surface area (Å²) in [5.74, 6) is 0.789. The van der Waals surface area contributed by atoms with Crippen LogP contribution in [0.15, 0.2) is 18.2 Å². The van der Waals surface area contributed by atoms with Crippen LogP contribution >= 0.6 is 11.6 Å². The van der Waals surface area contributed by atoms with Gasteiger partial charge in [-0.05, 0) is 44.5 Å². The second kappa shape index (κ2) is 5.28. The molecule has 1 fully saturated rings. The largest absolute Gasteiger partial charge is 0.492 e. The van der Waals surface area contributed by atoms with Gasteiger partial charge in [0, 0.05) is 12.0 Å². The van der Waals surface area contributed by atoms with Crippen molar-refractivity contribution < 1.29 is 4.74 Å². The lowest BCUT2D eigenvalue weighted by atomic mass is 9.64. The van der Waals surface area contributed by atoms with Crippen LogP contribution in [-0.2, 0) is 5.41 Å². The van der Waals surface area contributed by atoms with Gasteiger partial charge in [-0.15, -0.1) is 0 Å². The summed E-state index contributed by atoms with van der Waals surface area (Å²) in [4.78, 5) is 0. The molecule has 0 heterocycles. The summed E-state index contributed by atoms with van der Waals surface area (Å²) in [7, 11) is 2.01. The molecule has 1 aromatic carbocycles. The molecular formula is C14H20ClNO. The van der Waals surface area contributed by atoms with E-state index in [0.717, 1.165) is 17.3 Å². The first kappa shape index (κ1) is 12.7. The van der Waals surface area contributed by atoms with Crippen molar-refractivity contribution in [3.8, 4) is 5.75 Å². The van der Waals surface area contributed by atoms with Gasteiger partial charge in [0.05, 0.1) is 11.6 Å². The molecule has 0 atom stereocenters. The van der Waals surface area contributed by atoms with Gasteiger partial charge in [0.25, 0.3) is 0 Å². The SMILES string of the molecule is CCOc1ccc(C2(CNC)CCC2)cc1Cl. The van der Waals surface area contributed by atoms with Gasteiger partial charge >= 0.3 is 0 Å². The van der Waals surface area contributed by atoms with Crippen LogP contribution in [0.4, 0.5) is 0 Å². The molecule has 1 N–H and O–H groups in total. The summed E-state index contributed by atoms with van der Waals surface area (Å²) in [6, 6.07) is 6.23. The highest BCUT2D eigenvalue weighted by Gasteiger charge is 2.38. The van der Waals surface area contributed by atoms with Gasteiger partial charge in [-0.1, -0.05) is 24.1 Å². The van der Waals surface area contributed by atoms with Crippen LogP contribution < -0.4 is 10.1 Å². The van der Waals surface area contributed by atoms with Crippen molar-refractivity contribution >= 4 is 11.6 Å². The first-order chi connectivity index (χ1) is 8.22. The van der Waals surface area contributed by atoms with Crippen molar-refractivity contribution in [2.75, 3.05) is 20.2 Å². The van der Waals surface area contributed by atoms with Gasteiger partial charge in [-0.2, -0.15) is 0 Å². The summed E-state index contributed by atoms with van der Waals surface area (Å²) >= 11 is 6.25. The van der Waals surface area contributed by atoms with E-state index in [-0.39, 0.29) is 0 Å². The average Bonchev–Trinajstić information content (AvgIpc) is 2.27. The van der Waals surface area contributed by atoms with Crippen LogP contribution in [0.3, 0.4) is 0 Å². The fourth-order valence-corrected chi connectivity index (χ4v) is 2.85. The van der Waals surface area contributed by atoms with Crippen molar-refractivity contribution in [1.82, 2.24) is 5.32 Å². The zero-order chi connectivity index (χ0) is 12.3. The number of nitrogens with one attached hydrogen (secondary N) is 1. The predicted molar refractivity (Wildman–Crippen MR) is 72.1 cm³/mol. The first-order valence-electron chi connectivity index (χ1n) is 6.29. The lowest BCUT2D eigenvalue weighted by molar-refractivity contribution is 0.238. The summed E-state index contributed by atoms with van der Waals surface area (Å²) in [6.07, 6.45) is 3.81. The molecule has 0 spiro atoms. The minimum atomic E-state index is 0.295. The van der Waals surface area contributed by atoms with Gasteiger partial charge in [0.1, 0.15) is 5.75 Å². The monoisotopic (exact) mass is 253 g/mol. The van der Waals surface area contributed by atoms with E-state index in [1.807, 2.05) is 20.0 Å². The van der Waals surface area contributed by atoms with Gasteiger partial charge in [-0.3, -0.25) is 0 Å². The predicted octanol–water partition coefficient (Wildman–Crippen LogP) is 3.38. The zero-order valence-electron chi connectivity index (χ0n) is 10.6. The topological polar surface area (TPSA) is 21.3 Å². The molecule has 94 valence electrons. The molecule has 0 unspecified atom stereocenters. The molecule has 0 bridgehead atoms. The minimum absolute atomic E-state index is 0.295. The molecule has 1 aromatic rings. The summed E-state index contributed by atoms with van der Waals surface area (Å²) in [5.41, 5.74) is 1.63. The summed E-state index contributed by atoms with van der Waals surface area (Å²) in [5, 5.41) is 4.02. The number of halogens is 1. The number of ether oxygens (including phenoxy) is 1. The molecule has 1 aliphatic rings. The Morgan fingerprint density at radius 1 is 1.41 bits per heavy atom. The fraction of sp³-hybridized carbons (Fsp3) is 0.571. The molecular weight excluding hydrogens is 234 g/mol. The van der Waals surface area contributed by atoms with Crippen LogP contribution in [0.25, 0.3) is 0 Å². The van der Waals surface area contributed by atoms with Crippen LogP contribution in [0.5, 0.6) is 5.75 Å². The van der Waals surface area contributed by atoms with Crippen LogP contribution in [0.1, 0.15) is 31.7 Å². The molecule has 1 aliphatic carbocycles. The Balaban J connectivity index is 2.24. The Hall–Kier alpha value is -0.730. The second-order valence-electron chi connectivity index (χ2n) is 4.74. The molecule has 3 heteroatoms. The highest BCUT2D eigenvalue weighted by molar-refractivity contribution is 6.32. The highest BCUT2D eigenvalue weighted by Crippen LogP contribution is 2.44. The minimum Gasteiger partial charge on any atom is -0.492 e. The summed E-state index contributed by atoms with van der Waals surface area (Å²) in [6.45, 7) is 3.65. The highest BCUT2D eigenvalue weighted by atomic mass is 35.5. The number of hydrogen-bond donors (Lipinski definition) is 1. The zero-order valence-corrected chi connectivity index (χ0v) is 11.3. The number of hydrogen-bond acceptors (Lipinski definition) is 2. The van der Waals surface area contributed by atoms with Gasteiger partial charge in [0.15, 0.2) is 0 Å². The average molecular weight is 254 g/mol. The lowest BCUT2D eigenvalue weighted by Gasteiger charge is -2.42. The molecule has 17 heavy (non-hydrogen) atoms. The third-order valence-electron chi connectivity index (χ3n) is 3.67.